The third-order valence-electron chi connectivity index (χ3n) is 2.42. The SMILES string of the molecule is Cc1[nH]ncc1-c1noc(N)c1C(C)C. The van der Waals surface area contributed by atoms with E-state index < -0.39 is 0 Å². The molecule has 5 heteroatoms. The molecule has 0 spiro atoms. The third-order valence-corrected chi connectivity index (χ3v) is 2.42. The van der Waals surface area contributed by atoms with Crippen molar-refractivity contribution in [3.8, 4) is 11.3 Å². The minimum atomic E-state index is 0.278. The predicted molar refractivity (Wildman–Crippen MR) is 57.3 cm³/mol. The number of hydrogen-bond donors (Lipinski definition) is 2. The van der Waals surface area contributed by atoms with Gasteiger partial charge in [-0.15, -0.1) is 0 Å². The molecule has 80 valence electrons. The highest BCUT2D eigenvalue weighted by atomic mass is 16.5. The Labute approximate surface area is 87.7 Å². The summed E-state index contributed by atoms with van der Waals surface area (Å²) in [7, 11) is 0. The molecule has 0 aliphatic rings. The van der Waals surface area contributed by atoms with E-state index in [1.807, 2.05) is 6.92 Å². The molecule has 0 atom stereocenters. The van der Waals surface area contributed by atoms with Gasteiger partial charge in [0.15, 0.2) is 0 Å². The number of aromatic nitrogens is 3. The predicted octanol–water partition coefficient (Wildman–Crippen LogP) is 2.08. The summed E-state index contributed by atoms with van der Waals surface area (Å²) >= 11 is 0. The number of aromatic amines is 1. The molecule has 2 heterocycles. The summed E-state index contributed by atoms with van der Waals surface area (Å²) in [5.41, 5.74) is 9.38. The number of aryl methyl sites for hydroxylation is 1. The Morgan fingerprint density at radius 1 is 1.47 bits per heavy atom. The molecular weight excluding hydrogens is 192 g/mol. The van der Waals surface area contributed by atoms with Gasteiger partial charge in [-0.2, -0.15) is 5.10 Å². The first-order valence-corrected chi connectivity index (χ1v) is 4.86. The number of nitrogen functional groups attached to an aromatic ring is 1. The summed E-state index contributed by atoms with van der Waals surface area (Å²) in [5, 5.41) is 10.8. The standard InChI is InChI=1S/C10H14N4O/c1-5(2)8-9(14-15-10(8)11)7-4-12-13-6(7)3/h4-5H,11H2,1-3H3,(H,12,13). The number of nitrogens with one attached hydrogen (secondary N) is 1. The number of H-pyrrole nitrogens is 1. The topological polar surface area (TPSA) is 80.7 Å². The van der Waals surface area contributed by atoms with Crippen molar-refractivity contribution >= 4 is 5.88 Å². The molecule has 0 aromatic carbocycles. The molecule has 5 nitrogen and oxygen atoms in total. The lowest BCUT2D eigenvalue weighted by atomic mass is 9.99. The molecule has 2 rings (SSSR count). The monoisotopic (exact) mass is 206 g/mol. The van der Waals surface area contributed by atoms with E-state index in [4.69, 9.17) is 10.3 Å². The van der Waals surface area contributed by atoms with Gasteiger partial charge in [0.25, 0.3) is 0 Å². The zero-order valence-electron chi connectivity index (χ0n) is 9.03. The van der Waals surface area contributed by atoms with Crippen molar-refractivity contribution < 1.29 is 4.52 Å². The first kappa shape index (κ1) is 9.76. The molecular formula is C10H14N4O. The molecule has 0 unspecified atom stereocenters. The van der Waals surface area contributed by atoms with E-state index >= 15 is 0 Å². The van der Waals surface area contributed by atoms with Crippen molar-refractivity contribution in [1.29, 1.82) is 0 Å². The molecule has 0 fully saturated rings. The van der Waals surface area contributed by atoms with Gasteiger partial charge in [-0.05, 0) is 12.8 Å². The Balaban J connectivity index is 2.59. The van der Waals surface area contributed by atoms with Gasteiger partial charge in [-0.1, -0.05) is 19.0 Å². The Morgan fingerprint density at radius 3 is 2.73 bits per heavy atom. The van der Waals surface area contributed by atoms with Crippen LogP contribution in [-0.2, 0) is 0 Å². The summed E-state index contributed by atoms with van der Waals surface area (Å²) < 4.78 is 5.02. The quantitative estimate of drug-likeness (QED) is 0.788. The fraction of sp³-hybridized carbons (Fsp3) is 0.400. The second-order valence-corrected chi connectivity index (χ2v) is 3.87. The lowest BCUT2D eigenvalue weighted by molar-refractivity contribution is 0.438. The second-order valence-electron chi connectivity index (χ2n) is 3.87. The van der Waals surface area contributed by atoms with Crippen molar-refractivity contribution in [1.82, 2.24) is 15.4 Å². The molecule has 15 heavy (non-hydrogen) atoms. The van der Waals surface area contributed by atoms with Gasteiger partial charge < -0.3 is 10.3 Å². The van der Waals surface area contributed by atoms with E-state index in [-0.39, 0.29) is 5.92 Å². The van der Waals surface area contributed by atoms with Crippen LogP contribution in [0.2, 0.25) is 0 Å². The summed E-state index contributed by atoms with van der Waals surface area (Å²) in [6.07, 6.45) is 1.73. The number of nitrogens with two attached hydrogens (primary N) is 1. The lowest BCUT2D eigenvalue weighted by Crippen LogP contribution is -1.94. The molecule has 0 aliphatic carbocycles. The van der Waals surface area contributed by atoms with Crippen LogP contribution in [0.4, 0.5) is 5.88 Å². The first-order chi connectivity index (χ1) is 7.11. The molecule has 3 N–H and O–H groups in total. The van der Waals surface area contributed by atoms with Gasteiger partial charge >= 0.3 is 0 Å². The smallest absolute Gasteiger partial charge is 0.226 e. The van der Waals surface area contributed by atoms with Crippen LogP contribution < -0.4 is 5.73 Å². The van der Waals surface area contributed by atoms with Gasteiger partial charge in [-0.3, -0.25) is 5.10 Å². The van der Waals surface area contributed by atoms with Crippen LogP contribution in [0.1, 0.15) is 31.0 Å². The highest BCUT2D eigenvalue weighted by Gasteiger charge is 2.20. The van der Waals surface area contributed by atoms with Gasteiger partial charge in [0, 0.05) is 16.8 Å². The second kappa shape index (κ2) is 3.42. The minimum Gasteiger partial charge on any atom is -0.367 e. The van der Waals surface area contributed by atoms with Gasteiger partial charge in [0.2, 0.25) is 5.88 Å². The van der Waals surface area contributed by atoms with Crippen LogP contribution >= 0.6 is 0 Å². The number of nitrogens with zero attached hydrogens (tertiary/aromatic N) is 2. The molecule has 2 aromatic rings. The average Bonchev–Trinajstić information content (AvgIpc) is 2.71. The molecule has 0 saturated heterocycles. The van der Waals surface area contributed by atoms with Crippen molar-refractivity contribution in [2.45, 2.75) is 26.7 Å². The Kier molecular flexibility index (Phi) is 2.22. The van der Waals surface area contributed by atoms with E-state index in [0.717, 1.165) is 22.5 Å². The van der Waals surface area contributed by atoms with Crippen LogP contribution in [0.5, 0.6) is 0 Å². The molecule has 0 amide bonds. The lowest BCUT2D eigenvalue weighted by Gasteiger charge is -2.03. The third kappa shape index (κ3) is 1.49. The van der Waals surface area contributed by atoms with Crippen molar-refractivity contribution in [2.75, 3.05) is 5.73 Å². The maximum atomic E-state index is 5.74. The number of hydrogen-bond acceptors (Lipinski definition) is 4. The summed E-state index contributed by atoms with van der Waals surface area (Å²) in [6, 6.07) is 0. The Bertz CT molecular complexity index is 469. The molecule has 0 saturated carbocycles. The van der Waals surface area contributed by atoms with Crippen LogP contribution in [0, 0.1) is 6.92 Å². The summed E-state index contributed by atoms with van der Waals surface area (Å²) in [6.45, 7) is 6.06. The summed E-state index contributed by atoms with van der Waals surface area (Å²) in [4.78, 5) is 0. The molecule has 0 bridgehead atoms. The average molecular weight is 206 g/mol. The Hall–Kier alpha value is -1.78. The largest absolute Gasteiger partial charge is 0.367 e. The highest BCUT2D eigenvalue weighted by molar-refractivity contribution is 5.68. The number of anilines is 1. The minimum absolute atomic E-state index is 0.278. The molecule has 0 aliphatic heterocycles. The Morgan fingerprint density at radius 2 is 2.20 bits per heavy atom. The van der Waals surface area contributed by atoms with E-state index in [1.54, 1.807) is 6.20 Å². The summed E-state index contributed by atoms with van der Waals surface area (Å²) in [5.74, 6) is 0.668. The first-order valence-electron chi connectivity index (χ1n) is 4.86. The van der Waals surface area contributed by atoms with Crippen LogP contribution in [0.25, 0.3) is 11.3 Å². The highest BCUT2D eigenvalue weighted by Crippen LogP contribution is 2.33. The van der Waals surface area contributed by atoms with E-state index in [9.17, 15) is 0 Å². The maximum absolute atomic E-state index is 5.74. The normalized spacial score (nSPS) is 11.2. The zero-order valence-corrected chi connectivity index (χ0v) is 9.03. The van der Waals surface area contributed by atoms with Crippen LogP contribution in [0.3, 0.4) is 0 Å². The molecule has 0 radical (unpaired) electrons. The van der Waals surface area contributed by atoms with Gasteiger partial charge in [0.05, 0.1) is 6.20 Å². The van der Waals surface area contributed by atoms with Crippen molar-refractivity contribution in [3.05, 3.63) is 17.5 Å². The fourth-order valence-corrected chi connectivity index (χ4v) is 1.65. The zero-order chi connectivity index (χ0) is 11.0. The van der Waals surface area contributed by atoms with E-state index in [1.165, 1.54) is 0 Å². The van der Waals surface area contributed by atoms with E-state index in [2.05, 4.69) is 29.2 Å². The van der Waals surface area contributed by atoms with Crippen molar-refractivity contribution in [3.63, 3.8) is 0 Å². The molecule has 2 aromatic heterocycles. The van der Waals surface area contributed by atoms with Gasteiger partial charge in [0.1, 0.15) is 5.69 Å². The van der Waals surface area contributed by atoms with E-state index in [0.29, 0.717) is 5.88 Å². The van der Waals surface area contributed by atoms with Crippen LogP contribution in [0.15, 0.2) is 10.7 Å². The maximum Gasteiger partial charge on any atom is 0.226 e. The van der Waals surface area contributed by atoms with Crippen molar-refractivity contribution in [2.24, 2.45) is 0 Å². The van der Waals surface area contributed by atoms with Gasteiger partial charge in [-0.25, -0.2) is 0 Å². The van der Waals surface area contributed by atoms with Crippen LogP contribution in [-0.4, -0.2) is 15.4 Å². The fourth-order valence-electron chi connectivity index (χ4n) is 1.65. The number of rotatable bonds is 2.